The highest BCUT2D eigenvalue weighted by Crippen LogP contribution is 2.35. The summed E-state index contributed by atoms with van der Waals surface area (Å²) in [5.74, 6) is 0.956. The van der Waals surface area contributed by atoms with Crippen LogP contribution in [0.5, 0.6) is 5.75 Å². The molecule has 6 rings (SSSR count). The predicted octanol–water partition coefficient (Wildman–Crippen LogP) is 5.86. The number of hydrazone groups is 1. The Bertz CT molecular complexity index is 1760. The maximum Gasteiger partial charge on any atom is 0.258 e. The third kappa shape index (κ3) is 7.68. The van der Waals surface area contributed by atoms with Gasteiger partial charge in [0.05, 0.1) is 35.5 Å². The molecular weight excluding hydrogens is 605 g/mol. The van der Waals surface area contributed by atoms with Gasteiger partial charge in [0.15, 0.2) is 17.6 Å². The third-order valence-corrected chi connectivity index (χ3v) is 9.16. The first-order valence-electron chi connectivity index (χ1n) is 14.6. The van der Waals surface area contributed by atoms with Gasteiger partial charge in [-0.05, 0) is 41.6 Å². The number of ether oxygens (including phenoxy) is 1. The van der Waals surface area contributed by atoms with Crippen LogP contribution in [0.3, 0.4) is 0 Å². The summed E-state index contributed by atoms with van der Waals surface area (Å²) in [7, 11) is 0. The van der Waals surface area contributed by atoms with Crippen molar-refractivity contribution in [3.63, 3.8) is 0 Å². The number of carbonyl (C=O) groups excluding carboxylic acids is 2. The Balaban J connectivity index is 1.16. The van der Waals surface area contributed by atoms with E-state index in [0.717, 1.165) is 27.3 Å². The van der Waals surface area contributed by atoms with Crippen molar-refractivity contribution in [1.82, 2.24) is 25.1 Å². The van der Waals surface area contributed by atoms with E-state index < -0.39 is 0 Å². The zero-order valence-electron chi connectivity index (χ0n) is 24.7. The molecule has 0 spiro atoms. The summed E-state index contributed by atoms with van der Waals surface area (Å²) >= 11 is 2.94. The molecule has 11 heteroatoms. The van der Waals surface area contributed by atoms with E-state index >= 15 is 0 Å². The van der Waals surface area contributed by atoms with Crippen molar-refractivity contribution in [1.29, 1.82) is 0 Å². The molecule has 228 valence electrons. The van der Waals surface area contributed by atoms with Crippen molar-refractivity contribution < 1.29 is 14.3 Å². The van der Waals surface area contributed by atoms with Crippen molar-refractivity contribution in [2.45, 2.75) is 37.6 Å². The van der Waals surface area contributed by atoms with Crippen LogP contribution in [0.15, 0.2) is 113 Å². The Morgan fingerprint density at radius 1 is 0.956 bits per heavy atom. The summed E-state index contributed by atoms with van der Waals surface area (Å²) < 4.78 is 7.51. The fourth-order valence-corrected chi connectivity index (χ4v) is 6.48. The standard InChI is InChI=1S/C34H32N6O3S2/c1-24-14-16-26(17-15-24)29-19-28(30-13-8-18-44-30)38-40(29)33(42)23-45-34-37-36-31(39(34)21-25-9-4-2-5-10-25)20-35-32(41)22-43-27-11-6-3-7-12-27/h2-18,29H,19-23H2,1H3,(H,35,41)/t29-/m0/s1. The van der Waals surface area contributed by atoms with Gasteiger partial charge in [0.2, 0.25) is 0 Å². The minimum Gasteiger partial charge on any atom is -0.484 e. The highest BCUT2D eigenvalue weighted by molar-refractivity contribution is 7.99. The Morgan fingerprint density at radius 2 is 1.71 bits per heavy atom. The SMILES string of the molecule is Cc1ccc([C@@H]2CC(c3cccs3)=NN2C(=O)CSc2nnc(CNC(=O)COc3ccccc3)n2Cc2ccccc2)cc1. The molecule has 0 unspecified atom stereocenters. The number of hydrogen-bond donors (Lipinski definition) is 1. The summed E-state index contributed by atoms with van der Waals surface area (Å²) in [5, 5.41) is 20.7. The van der Waals surface area contributed by atoms with Gasteiger partial charge in [-0.2, -0.15) is 5.10 Å². The van der Waals surface area contributed by atoms with Crippen LogP contribution < -0.4 is 10.1 Å². The zero-order chi connectivity index (χ0) is 31.0. The molecule has 2 amide bonds. The Kier molecular flexibility index (Phi) is 9.67. The van der Waals surface area contributed by atoms with Crippen LogP contribution in [0.1, 0.15) is 39.9 Å². The Hall–Kier alpha value is -4.74. The molecule has 1 atom stereocenters. The predicted molar refractivity (Wildman–Crippen MR) is 176 cm³/mol. The minimum atomic E-state index is -0.270. The largest absolute Gasteiger partial charge is 0.484 e. The van der Waals surface area contributed by atoms with Gasteiger partial charge in [0, 0.05) is 6.42 Å². The molecule has 1 aliphatic rings. The molecule has 3 aromatic carbocycles. The molecule has 0 radical (unpaired) electrons. The van der Waals surface area contributed by atoms with Crippen molar-refractivity contribution in [3.8, 4) is 5.75 Å². The van der Waals surface area contributed by atoms with E-state index in [2.05, 4.69) is 46.7 Å². The van der Waals surface area contributed by atoms with Crippen molar-refractivity contribution in [3.05, 3.63) is 130 Å². The van der Waals surface area contributed by atoms with E-state index in [-0.39, 0.29) is 36.8 Å². The lowest BCUT2D eigenvalue weighted by molar-refractivity contribution is -0.130. The number of thiophene rings is 1. The van der Waals surface area contributed by atoms with Crippen LogP contribution in [0.2, 0.25) is 0 Å². The molecule has 0 fully saturated rings. The fraction of sp³-hybridized carbons (Fsp3) is 0.206. The summed E-state index contributed by atoms with van der Waals surface area (Å²) in [6.07, 6.45) is 0.655. The summed E-state index contributed by atoms with van der Waals surface area (Å²) in [5.41, 5.74) is 4.18. The lowest BCUT2D eigenvalue weighted by Crippen LogP contribution is -2.30. The quantitative estimate of drug-likeness (QED) is 0.172. The highest BCUT2D eigenvalue weighted by Gasteiger charge is 2.33. The van der Waals surface area contributed by atoms with E-state index in [1.807, 2.05) is 70.6 Å². The molecule has 1 N–H and O–H groups in total. The van der Waals surface area contributed by atoms with Crippen LogP contribution in [0, 0.1) is 6.92 Å². The Morgan fingerprint density at radius 3 is 2.44 bits per heavy atom. The summed E-state index contributed by atoms with van der Waals surface area (Å²) in [4.78, 5) is 27.4. The molecular formula is C34H32N6O3S2. The summed E-state index contributed by atoms with van der Waals surface area (Å²) in [6, 6.07) is 31.3. The van der Waals surface area contributed by atoms with E-state index in [4.69, 9.17) is 9.84 Å². The number of nitrogens with zero attached hydrogens (tertiary/aromatic N) is 5. The topological polar surface area (TPSA) is 102 Å². The van der Waals surface area contributed by atoms with E-state index in [9.17, 15) is 9.59 Å². The number of aryl methyl sites for hydroxylation is 1. The molecule has 0 aliphatic carbocycles. The smallest absolute Gasteiger partial charge is 0.258 e. The van der Waals surface area contributed by atoms with Crippen LogP contribution in [-0.2, 0) is 22.7 Å². The number of rotatable bonds is 12. The number of carbonyl (C=O) groups is 2. The molecule has 1 aliphatic heterocycles. The molecule has 0 saturated carbocycles. The second-order valence-electron chi connectivity index (χ2n) is 10.5. The maximum atomic E-state index is 13.7. The van der Waals surface area contributed by atoms with Crippen molar-refractivity contribution in [2.24, 2.45) is 5.10 Å². The van der Waals surface area contributed by atoms with Gasteiger partial charge in [-0.1, -0.05) is 96.2 Å². The minimum absolute atomic E-state index is 0.112. The van der Waals surface area contributed by atoms with Gasteiger partial charge in [-0.15, -0.1) is 21.5 Å². The first kappa shape index (κ1) is 30.3. The van der Waals surface area contributed by atoms with Gasteiger partial charge >= 0.3 is 0 Å². The van der Waals surface area contributed by atoms with Crippen molar-refractivity contribution >= 4 is 40.6 Å². The third-order valence-electron chi connectivity index (χ3n) is 7.29. The van der Waals surface area contributed by atoms with E-state index in [0.29, 0.717) is 29.7 Å². The van der Waals surface area contributed by atoms with Crippen LogP contribution >= 0.6 is 23.1 Å². The molecule has 0 bridgehead atoms. The molecule has 0 saturated heterocycles. The van der Waals surface area contributed by atoms with Gasteiger partial charge in [-0.3, -0.25) is 9.59 Å². The number of nitrogens with one attached hydrogen (secondary N) is 1. The first-order chi connectivity index (χ1) is 22.0. The van der Waals surface area contributed by atoms with Crippen LogP contribution in [0.4, 0.5) is 0 Å². The number of benzene rings is 3. The van der Waals surface area contributed by atoms with Crippen LogP contribution in [0.25, 0.3) is 0 Å². The highest BCUT2D eigenvalue weighted by atomic mass is 32.2. The van der Waals surface area contributed by atoms with E-state index in [1.165, 1.54) is 11.8 Å². The second kappa shape index (κ2) is 14.4. The number of amides is 2. The van der Waals surface area contributed by atoms with Gasteiger partial charge in [-0.25, -0.2) is 5.01 Å². The molecule has 5 aromatic rings. The molecule has 45 heavy (non-hydrogen) atoms. The van der Waals surface area contributed by atoms with Gasteiger partial charge < -0.3 is 14.6 Å². The lowest BCUT2D eigenvalue weighted by atomic mass is 10.00. The molecule has 9 nitrogen and oxygen atoms in total. The molecule has 3 heterocycles. The number of para-hydroxylation sites is 1. The number of hydrogen-bond acceptors (Lipinski definition) is 8. The summed E-state index contributed by atoms with van der Waals surface area (Å²) in [6.45, 7) is 2.60. The average Bonchev–Trinajstić information content (AvgIpc) is 3.84. The maximum absolute atomic E-state index is 13.7. The number of thioether (sulfide) groups is 1. The second-order valence-corrected chi connectivity index (χ2v) is 12.4. The average molecular weight is 637 g/mol. The monoisotopic (exact) mass is 636 g/mol. The Labute approximate surface area is 270 Å². The normalized spacial score (nSPS) is 14.3. The first-order valence-corrected chi connectivity index (χ1v) is 16.4. The van der Waals surface area contributed by atoms with Gasteiger partial charge in [0.25, 0.3) is 11.8 Å². The molecule has 2 aromatic heterocycles. The number of aromatic nitrogens is 3. The van der Waals surface area contributed by atoms with E-state index in [1.54, 1.807) is 28.5 Å². The van der Waals surface area contributed by atoms with Gasteiger partial charge in [0.1, 0.15) is 5.75 Å². The van der Waals surface area contributed by atoms with Crippen molar-refractivity contribution in [2.75, 3.05) is 12.4 Å². The van der Waals surface area contributed by atoms with Crippen LogP contribution in [-0.4, -0.2) is 49.7 Å². The zero-order valence-corrected chi connectivity index (χ0v) is 26.3. The lowest BCUT2D eigenvalue weighted by Gasteiger charge is -2.22. The fourth-order valence-electron chi connectivity index (χ4n) is 4.95.